The molecule has 0 unspecified atom stereocenters. The third kappa shape index (κ3) is 3.49. The van der Waals surface area contributed by atoms with Crippen LogP contribution in [0.3, 0.4) is 0 Å². The SMILES string of the molecule is CC(C)Oc1nc2nc(-c3ccc(N4CCCCC4)cc3)c(Cl)cc2[nH]1. The third-order valence-corrected chi connectivity index (χ3v) is 4.90. The van der Waals surface area contributed by atoms with Crippen LogP contribution in [0.25, 0.3) is 22.4 Å². The van der Waals surface area contributed by atoms with E-state index in [1.807, 2.05) is 19.9 Å². The number of hydrogen-bond acceptors (Lipinski definition) is 4. The van der Waals surface area contributed by atoms with Crippen molar-refractivity contribution in [2.75, 3.05) is 18.0 Å². The molecule has 1 aliphatic rings. The van der Waals surface area contributed by atoms with Crippen molar-refractivity contribution < 1.29 is 4.74 Å². The maximum absolute atomic E-state index is 6.48. The Morgan fingerprint density at radius 1 is 1.08 bits per heavy atom. The van der Waals surface area contributed by atoms with Crippen LogP contribution in [0.15, 0.2) is 30.3 Å². The van der Waals surface area contributed by atoms with Gasteiger partial charge in [0.1, 0.15) is 0 Å². The Morgan fingerprint density at radius 2 is 1.81 bits per heavy atom. The lowest BCUT2D eigenvalue weighted by atomic mass is 10.1. The van der Waals surface area contributed by atoms with E-state index < -0.39 is 0 Å². The second-order valence-corrected chi connectivity index (χ2v) is 7.40. The lowest BCUT2D eigenvalue weighted by Crippen LogP contribution is -2.29. The van der Waals surface area contributed by atoms with Gasteiger partial charge in [0.15, 0.2) is 5.65 Å². The summed E-state index contributed by atoms with van der Waals surface area (Å²) >= 11 is 6.48. The van der Waals surface area contributed by atoms with E-state index in [4.69, 9.17) is 16.3 Å². The second-order valence-electron chi connectivity index (χ2n) is 6.99. The summed E-state index contributed by atoms with van der Waals surface area (Å²) in [6.45, 7) is 6.19. The molecule has 2 aromatic heterocycles. The van der Waals surface area contributed by atoms with Gasteiger partial charge in [-0.15, -0.1) is 0 Å². The first-order chi connectivity index (χ1) is 12.6. The molecule has 0 spiro atoms. The highest BCUT2D eigenvalue weighted by atomic mass is 35.5. The molecule has 0 atom stereocenters. The van der Waals surface area contributed by atoms with Gasteiger partial charge in [0.2, 0.25) is 0 Å². The number of H-pyrrole nitrogens is 1. The standard InChI is InChI=1S/C20H23ClN4O/c1-13(2)26-20-22-17-12-16(21)18(23-19(17)24-20)14-6-8-15(9-7-14)25-10-4-3-5-11-25/h6-9,12-13H,3-5,10-11H2,1-2H3,(H,22,23,24). The Kier molecular flexibility index (Phi) is 4.72. The number of fused-ring (bicyclic) bond motifs is 1. The molecule has 3 aromatic rings. The smallest absolute Gasteiger partial charge is 0.296 e. The first-order valence-corrected chi connectivity index (χ1v) is 9.56. The molecule has 0 radical (unpaired) electrons. The van der Waals surface area contributed by atoms with Gasteiger partial charge in [-0.1, -0.05) is 23.7 Å². The number of aromatic amines is 1. The monoisotopic (exact) mass is 370 g/mol. The molecule has 0 saturated carbocycles. The van der Waals surface area contributed by atoms with Crippen molar-refractivity contribution in [3.05, 3.63) is 35.4 Å². The summed E-state index contributed by atoms with van der Waals surface area (Å²) in [5.41, 5.74) is 4.39. The van der Waals surface area contributed by atoms with Crippen molar-refractivity contribution in [2.45, 2.75) is 39.2 Å². The Hall–Kier alpha value is -2.27. The minimum atomic E-state index is 0.0489. The summed E-state index contributed by atoms with van der Waals surface area (Å²) in [4.78, 5) is 14.6. The number of imidazole rings is 1. The maximum Gasteiger partial charge on any atom is 0.296 e. The average Bonchev–Trinajstić information content (AvgIpc) is 3.02. The number of nitrogens with zero attached hydrogens (tertiary/aromatic N) is 3. The van der Waals surface area contributed by atoms with Gasteiger partial charge in [-0.25, -0.2) is 4.98 Å². The first kappa shape index (κ1) is 17.2. The molecule has 0 amide bonds. The largest absolute Gasteiger partial charge is 0.462 e. The minimum Gasteiger partial charge on any atom is -0.462 e. The van der Waals surface area contributed by atoms with Gasteiger partial charge in [0.05, 0.1) is 22.3 Å². The fraction of sp³-hybridized carbons (Fsp3) is 0.400. The van der Waals surface area contributed by atoms with Gasteiger partial charge in [0.25, 0.3) is 6.01 Å². The summed E-state index contributed by atoms with van der Waals surface area (Å²) in [5.74, 6) is 0. The highest BCUT2D eigenvalue weighted by molar-refractivity contribution is 6.33. The number of aromatic nitrogens is 3. The Labute approximate surface area is 158 Å². The molecular formula is C20H23ClN4O. The van der Waals surface area contributed by atoms with Gasteiger partial charge in [-0.3, -0.25) is 0 Å². The molecule has 0 aliphatic carbocycles. The fourth-order valence-corrected chi connectivity index (χ4v) is 3.62. The Balaban J connectivity index is 1.63. The average molecular weight is 371 g/mol. The normalized spacial score (nSPS) is 15.0. The van der Waals surface area contributed by atoms with E-state index in [0.29, 0.717) is 16.7 Å². The topological polar surface area (TPSA) is 54.0 Å². The number of piperidine rings is 1. The number of pyridine rings is 1. The van der Waals surface area contributed by atoms with Crippen LogP contribution < -0.4 is 9.64 Å². The van der Waals surface area contributed by atoms with E-state index in [-0.39, 0.29) is 6.10 Å². The summed E-state index contributed by atoms with van der Waals surface area (Å²) in [5, 5.41) is 0.600. The third-order valence-electron chi connectivity index (χ3n) is 4.61. The van der Waals surface area contributed by atoms with E-state index in [0.717, 1.165) is 29.9 Å². The molecule has 5 nitrogen and oxygen atoms in total. The quantitative estimate of drug-likeness (QED) is 0.697. The summed E-state index contributed by atoms with van der Waals surface area (Å²) in [7, 11) is 0. The van der Waals surface area contributed by atoms with Crippen LogP contribution in [0.5, 0.6) is 6.01 Å². The van der Waals surface area contributed by atoms with E-state index in [9.17, 15) is 0 Å². The van der Waals surface area contributed by atoms with Crippen molar-refractivity contribution in [3.8, 4) is 17.3 Å². The zero-order valence-corrected chi connectivity index (χ0v) is 15.9. The molecule has 1 aromatic carbocycles. The zero-order chi connectivity index (χ0) is 18.1. The number of benzene rings is 1. The van der Waals surface area contributed by atoms with Crippen molar-refractivity contribution in [3.63, 3.8) is 0 Å². The van der Waals surface area contributed by atoms with Crippen LogP contribution in [0.4, 0.5) is 5.69 Å². The molecule has 6 heteroatoms. The molecule has 136 valence electrons. The number of anilines is 1. The van der Waals surface area contributed by atoms with Gasteiger partial charge in [-0.05, 0) is 51.3 Å². The molecule has 4 rings (SSSR count). The summed E-state index contributed by atoms with van der Waals surface area (Å²) < 4.78 is 5.61. The van der Waals surface area contributed by atoms with Gasteiger partial charge >= 0.3 is 0 Å². The lowest BCUT2D eigenvalue weighted by Gasteiger charge is -2.28. The zero-order valence-electron chi connectivity index (χ0n) is 15.1. The molecule has 3 heterocycles. The molecular weight excluding hydrogens is 348 g/mol. The molecule has 1 N–H and O–H groups in total. The lowest BCUT2D eigenvalue weighted by molar-refractivity contribution is 0.225. The number of hydrogen-bond donors (Lipinski definition) is 1. The van der Waals surface area contributed by atoms with Crippen molar-refractivity contribution in [1.29, 1.82) is 0 Å². The molecule has 0 bridgehead atoms. The summed E-state index contributed by atoms with van der Waals surface area (Å²) in [6.07, 6.45) is 3.92. The second kappa shape index (κ2) is 7.16. The number of ether oxygens (including phenoxy) is 1. The highest BCUT2D eigenvalue weighted by Gasteiger charge is 2.14. The van der Waals surface area contributed by atoms with E-state index in [1.54, 1.807) is 0 Å². The molecule has 1 saturated heterocycles. The maximum atomic E-state index is 6.48. The molecule has 1 fully saturated rings. The number of halogens is 1. The molecule has 26 heavy (non-hydrogen) atoms. The number of rotatable bonds is 4. The van der Waals surface area contributed by atoms with Crippen molar-refractivity contribution in [2.24, 2.45) is 0 Å². The summed E-state index contributed by atoms with van der Waals surface area (Å²) in [6, 6.07) is 10.8. The fourth-order valence-electron chi connectivity index (χ4n) is 3.36. The van der Waals surface area contributed by atoms with Crippen LogP contribution in [-0.4, -0.2) is 34.1 Å². The predicted octanol–water partition coefficient (Wildman–Crippen LogP) is 5.06. The Morgan fingerprint density at radius 3 is 2.50 bits per heavy atom. The minimum absolute atomic E-state index is 0.0489. The van der Waals surface area contributed by atoms with Crippen molar-refractivity contribution >= 4 is 28.5 Å². The van der Waals surface area contributed by atoms with Crippen LogP contribution in [0, 0.1) is 0 Å². The number of nitrogens with one attached hydrogen (secondary N) is 1. The highest BCUT2D eigenvalue weighted by Crippen LogP contribution is 2.31. The van der Waals surface area contributed by atoms with Crippen LogP contribution in [0.2, 0.25) is 5.02 Å². The van der Waals surface area contributed by atoms with Crippen LogP contribution >= 0.6 is 11.6 Å². The van der Waals surface area contributed by atoms with E-state index in [1.165, 1.54) is 24.9 Å². The molecule has 1 aliphatic heterocycles. The van der Waals surface area contributed by atoms with Crippen LogP contribution in [0.1, 0.15) is 33.1 Å². The first-order valence-electron chi connectivity index (χ1n) is 9.18. The van der Waals surface area contributed by atoms with Crippen LogP contribution in [-0.2, 0) is 0 Å². The van der Waals surface area contributed by atoms with Gasteiger partial charge < -0.3 is 14.6 Å². The van der Waals surface area contributed by atoms with Gasteiger partial charge in [0, 0.05) is 24.3 Å². The van der Waals surface area contributed by atoms with E-state index >= 15 is 0 Å². The van der Waals surface area contributed by atoms with Crippen molar-refractivity contribution in [1.82, 2.24) is 15.0 Å². The van der Waals surface area contributed by atoms with E-state index in [2.05, 4.69) is 44.1 Å². The predicted molar refractivity (Wildman–Crippen MR) is 106 cm³/mol. The Bertz CT molecular complexity index is 898. The van der Waals surface area contributed by atoms with Gasteiger partial charge in [-0.2, -0.15) is 4.98 Å².